The van der Waals surface area contributed by atoms with E-state index in [9.17, 15) is 9.59 Å². The Kier molecular flexibility index (Phi) is 6.77. The summed E-state index contributed by atoms with van der Waals surface area (Å²) < 4.78 is 4.61. The van der Waals surface area contributed by atoms with Crippen molar-refractivity contribution in [2.75, 3.05) is 7.11 Å². The number of Topliss-reactive ketones (excluding diaryl/α,β-unsaturated/α-hetero) is 1. The number of methoxy groups -OCH3 is 1. The van der Waals surface area contributed by atoms with E-state index in [2.05, 4.69) is 10.1 Å². The summed E-state index contributed by atoms with van der Waals surface area (Å²) >= 11 is 0. The van der Waals surface area contributed by atoms with Crippen molar-refractivity contribution in [3.63, 3.8) is 0 Å². The standard InChI is InChI=1S/C16H23NO3/c1-12(2)15(18)11-14(17-16(19)20-3)10-9-13-7-5-4-6-8-13/h4-8,12,14H,9-11H2,1-3H3,(H,17,19)/t14-/m1/s1. The lowest BCUT2D eigenvalue weighted by molar-refractivity contribution is -0.122. The van der Waals surface area contributed by atoms with Crippen molar-refractivity contribution in [2.45, 2.75) is 39.2 Å². The molecule has 1 N–H and O–H groups in total. The number of aryl methyl sites for hydroxylation is 1. The van der Waals surface area contributed by atoms with Gasteiger partial charge in [0.25, 0.3) is 0 Å². The van der Waals surface area contributed by atoms with Crippen LogP contribution in [0, 0.1) is 5.92 Å². The van der Waals surface area contributed by atoms with Gasteiger partial charge in [0.05, 0.1) is 7.11 Å². The van der Waals surface area contributed by atoms with Crippen LogP contribution in [0.1, 0.15) is 32.3 Å². The van der Waals surface area contributed by atoms with Crippen LogP contribution in [0.4, 0.5) is 4.79 Å². The number of ketones is 1. The van der Waals surface area contributed by atoms with Gasteiger partial charge < -0.3 is 10.1 Å². The Morgan fingerprint density at radius 1 is 1.20 bits per heavy atom. The number of rotatable bonds is 7. The van der Waals surface area contributed by atoms with E-state index in [-0.39, 0.29) is 17.7 Å². The number of nitrogens with one attached hydrogen (secondary N) is 1. The number of benzene rings is 1. The monoisotopic (exact) mass is 277 g/mol. The first-order valence-corrected chi connectivity index (χ1v) is 6.94. The number of carbonyl (C=O) groups is 2. The Morgan fingerprint density at radius 3 is 2.40 bits per heavy atom. The number of amides is 1. The normalized spacial score (nSPS) is 12.0. The maximum Gasteiger partial charge on any atom is 0.407 e. The van der Waals surface area contributed by atoms with Gasteiger partial charge in [0, 0.05) is 18.4 Å². The molecule has 1 aromatic carbocycles. The average Bonchev–Trinajstić information content (AvgIpc) is 2.45. The van der Waals surface area contributed by atoms with E-state index in [1.165, 1.54) is 12.7 Å². The van der Waals surface area contributed by atoms with Gasteiger partial charge in [-0.3, -0.25) is 4.79 Å². The van der Waals surface area contributed by atoms with Gasteiger partial charge in [0.2, 0.25) is 0 Å². The van der Waals surface area contributed by atoms with Crippen LogP contribution in [0.25, 0.3) is 0 Å². The second-order valence-electron chi connectivity index (χ2n) is 5.18. The third-order valence-corrected chi connectivity index (χ3v) is 3.22. The van der Waals surface area contributed by atoms with Crippen LogP contribution in [0.2, 0.25) is 0 Å². The number of hydrogen-bond donors (Lipinski definition) is 1. The average molecular weight is 277 g/mol. The highest BCUT2D eigenvalue weighted by atomic mass is 16.5. The fraction of sp³-hybridized carbons (Fsp3) is 0.500. The summed E-state index contributed by atoms with van der Waals surface area (Å²) in [6, 6.07) is 9.83. The van der Waals surface area contributed by atoms with E-state index in [1.807, 2.05) is 44.2 Å². The number of carbonyl (C=O) groups excluding carboxylic acids is 2. The van der Waals surface area contributed by atoms with Gasteiger partial charge in [-0.25, -0.2) is 4.79 Å². The van der Waals surface area contributed by atoms with Crippen molar-refractivity contribution in [3.05, 3.63) is 35.9 Å². The van der Waals surface area contributed by atoms with Crippen molar-refractivity contribution in [2.24, 2.45) is 5.92 Å². The number of hydrogen-bond acceptors (Lipinski definition) is 3. The molecule has 110 valence electrons. The van der Waals surface area contributed by atoms with E-state index in [1.54, 1.807) is 0 Å². The second kappa shape index (κ2) is 8.35. The molecule has 0 saturated heterocycles. The predicted molar refractivity (Wildman–Crippen MR) is 78.6 cm³/mol. The van der Waals surface area contributed by atoms with E-state index in [0.717, 1.165) is 12.8 Å². The second-order valence-corrected chi connectivity index (χ2v) is 5.18. The SMILES string of the molecule is COC(=O)N[C@H](CCc1ccccc1)CC(=O)C(C)C. The molecule has 0 unspecified atom stereocenters. The van der Waals surface area contributed by atoms with Gasteiger partial charge in [0.1, 0.15) is 5.78 Å². The molecule has 1 aromatic rings. The fourth-order valence-corrected chi connectivity index (χ4v) is 1.91. The van der Waals surface area contributed by atoms with Crippen LogP contribution in [0.5, 0.6) is 0 Å². The molecular weight excluding hydrogens is 254 g/mol. The predicted octanol–water partition coefficient (Wildman–Crippen LogP) is 2.96. The maximum absolute atomic E-state index is 11.8. The lowest BCUT2D eigenvalue weighted by atomic mass is 9.97. The molecule has 0 aliphatic rings. The zero-order chi connectivity index (χ0) is 15.0. The van der Waals surface area contributed by atoms with Crippen molar-refractivity contribution in [1.82, 2.24) is 5.32 Å². The molecule has 0 radical (unpaired) electrons. The Balaban J connectivity index is 2.57. The van der Waals surface area contributed by atoms with Crippen LogP contribution >= 0.6 is 0 Å². The summed E-state index contributed by atoms with van der Waals surface area (Å²) in [6.45, 7) is 3.74. The van der Waals surface area contributed by atoms with Crippen LogP contribution in [0.3, 0.4) is 0 Å². The molecule has 20 heavy (non-hydrogen) atoms. The molecule has 1 rings (SSSR count). The lowest BCUT2D eigenvalue weighted by Crippen LogP contribution is -2.37. The minimum atomic E-state index is -0.486. The molecule has 1 amide bonds. The molecule has 1 atom stereocenters. The zero-order valence-corrected chi connectivity index (χ0v) is 12.4. The molecule has 0 spiro atoms. The molecule has 0 aliphatic carbocycles. The van der Waals surface area contributed by atoms with E-state index in [4.69, 9.17) is 0 Å². The molecular formula is C16H23NO3. The molecule has 0 fully saturated rings. The lowest BCUT2D eigenvalue weighted by Gasteiger charge is -2.18. The quantitative estimate of drug-likeness (QED) is 0.833. The zero-order valence-electron chi connectivity index (χ0n) is 12.4. The first-order chi connectivity index (χ1) is 9.52. The van der Waals surface area contributed by atoms with Crippen LogP contribution in [0.15, 0.2) is 30.3 Å². The third-order valence-electron chi connectivity index (χ3n) is 3.22. The highest BCUT2D eigenvalue weighted by Gasteiger charge is 2.18. The Labute approximate surface area is 120 Å². The van der Waals surface area contributed by atoms with Gasteiger partial charge in [-0.2, -0.15) is 0 Å². The summed E-state index contributed by atoms with van der Waals surface area (Å²) in [5, 5.41) is 2.74. The van der Waals surface area contributed by atoms with Crippen LogP contribution in [-0.4, -0.2) is 25.0 Å². The topological polar surface area (TPSA) is 55.4 Å². The third kappa shape index (κ3) is 5.87. The Hall–Kier alpha value is -1.84. The molecule has 0 heterocycles. The molecule has 4 heteroatoms. The van der Waals surface area contributed by atoms with Crippen LogP contribution < -0.4 is 5.32 Å². The highest BCUT2D eigenvalue weighted by molar-refractivity contribution is 5.81. The largest absolute Gasteiger partial charge is 0.453 e. The molecule has 0 aromatic heterocycles. The molecule has 0 saturated carbocycles. The van der Waals surface area contributed by atoms with Crippen molar-refractivity contribution in [3.8, 4) is 0 Å². The van der Waals surface area contributed by atoms with Crippen molar-refractivity contribution in [1.29, 1.82) is 0 Å². The number of alkyl carbamates (subject to hydrolysis) is 1. The molecule has 0 aliphatic heterocycles. The summed E-state index contributed by atoms with van der Waals surface area (Å²) in [7, 11) is 1.33. The van der Waals surface area contributed by atoms with E-state index >= 15 is 0 Å². The van der Waals surface area contributed by atoms with Gasteiger partial charge in [-0.05, 0) is 18.4 Å². The Bertz CT molecular complexity index is 429. The first-order valence-electron chi connectivity index (χ1n) is 6.94. The molecule has 0 bridgehead atoms. The highest BCUT2D eigenvalue weighted by Crippen LogP contribution is 2.10. The minimum Gasteiger partial charge on any atom is -0.453 e. The van der Waals surface area contributed by atoms with Gasteiger partial charge in [-0.15, -0.1) is 0 Å². The summed E-state index contributed by atoms with van der Waals surface area (Å²) in [4.78, 5) is 23.2. The van der Waals surface area contributed by atoms with Crippen molar-refractivity contribution < 1.29 is 14.3 Å². The van der Waals surface area contributed by atoms with E-state index < -0.39 is 6.09 Å². The summed E-state index contributed by atoms with van der Waals surface area (Å²) in [5.41, 5.74) is 1.20. The van der Waals surface area contributed by atoms with Gasteiger partial charge >= 0.3 is 6.09 Å². The van der Waals surface area contributed by atoms with Gasteiger partial charge in [0.15, 0.2) is 0 Å². The maximum atomic E-state index is 11.8. The minimum absolute atomic E-state index is 0.0197. The molecule has 4 nitrogen and oxygen atoms in total. The summed E-state index contributed by atoms with van der Waals surface area (Å²) in [5.74, 6) is 0.133. The van der Waals surface area contributed by atoms with Gasteiger partial charge in [-0.1, -0.05) is 44.2 Å². The number of ether oxygens (including phenoxy) is 1. The Morgan fingerprint density at radius 2 is 1.85 bits per heavy atom. The van der Waals surface area contributed by atoms with Crippen molar-refractivity contribution >= 4 is 11.9 Å². The summed E-state index contributed by atoms with van der Waals surface area (Å²) in [6.07, 6.45) is 1.40. The smallest absolute Gasteiger partial charge is 0.407 e. The fourth-order valence-electron chi connectivity index (χ4n) is 1.91. The first kappa shape index (κ1) is 16.2. The van der Waals surface area contributed by atoms with Crippen LogP contribution in [-0.2, 0) is 16.0 Å². The van der Waals surface area contributed by atoms with E-state index in [0.29, 0.717) is 6.42 Å².